The average molecular weight is 610 g/mol. The molecule has 0 heterocycles. The second-order valence-corrected chi connectivity index (χ2v) is 10.8. The number of amides is 3. The van der Waals surface area contributed by atoms with Gasteiger partial charge in [0.25, 0.3) is 11.8 Å². The lowest BCUT2D eigenvalue weighted by molar-refractivity contribution is -0.116. The van der Waals surface area contributed by atoms with Crippen LogP contribution in [0.2, 0.25) is 0 Å². The summed E-state index contributed by atoms with van der Waals surface area (Å²) >= 11 is 1.31. The fraction of sp³-hybridized carbons (Fsp3) is 0.118. The van der Waals surface area contributed by atoms with Crippen molar-refractivity contribution >= 4 is 52.9 Å². The number of anilines is 2. The Bertz CT molecular complexity index is 1690. The Balaban J connectivity index is 1.50. The highest BCUT2D eigenvalue weighted by molar-refractivity contribution is 8.00. The lowest BCUT2D eigenvalue weighted by Crippen LogP contribution is -2.30. The number of benzene rings is 4. The van der Waals surface area contributed by atoms with Crippen LogP contribution in [0.3, 0.4) is 0 Å². The van der Waals surface area contributed by atoms with Gasteiger partial charge in [-0.2, -0.15) is 0 Å². The summed E-state index contributed by atoms with van der Waals surface area (Å²) in [5.41, 5.74) is 2.01. The number of carbonyl (C=O) groups excluding carboxylic acids is 3. The van der Waals surface area contributed by atoms with E-state index in [1.54, 1.807) is 98.1 Å². The maximum atomic E-state index is 13.5. The molecule has 0 saturated carbocycles. The third kappa shape index (κ3) is 8.83. The highest BCUT2D eigenvalue weighted by Crippen LogP contribution is 2.29. The van der Waals surface area contributed by atoms with E-state index in [9.17, 15) is 24.3 Å². The minimum absolute atomic E-state index is 0.0274. The number of nitrogens with one attached hydrogen (secondary N) is 3. The summed E-state index contributed by atoms with van der Waals surface area (Å²) in [7, 11) is 1.54. The van der Waals surface area contributed by atoms with Crippen LogP contribution in [0.25, 0.3) is 6.08 Å². The molecule has 0 aliphatic heterocycles. The third-order valence-corrected chi connectivity index (χ3v) is 7.70. The molecule has 1 unspecified atom stereocenters. The first kappa shape index (κ1) is 31.6. The van der Waals surface area contributed by atoms with Crippen molar-refractivity contribution in [3.05, 3.63) is 126 Å². The number of thioether (sulfide) groups is 1. The van der Waals surface area contributed by atoms with Gasteiger partial charge in [0, 0.05) is 21.8 Å². The SMILES string of the molecule is CCC(Sc1cccc(NC(=O)/C(=C/c2cccc(OC)c2)NC(=O)c2ccccc2)c1)C(=O)Nc1cccc(C(=O)O)c1. The van der Waals surface area contributed by atoms with Crippen molar-refractivity contribution in [2.24, 2.45) is 0 Å². The van der Waals surface area contributed by atoms with Crippen molar-refractivity contribution < 1.29 is 29.0 Å². The lowest BCUT2D eigenvalue weighted by atomic mass is 10.1. The van der Waals surface area contributed by atoms with Crippen molar-refractivity contribution in [2.45, 2.75) is 23.5 Å². The number of hydrogen-bond acceptors (Lipinski definition) is 6. The molecular formula is C34H31N3O6S. The van der Waals surface area contributed by atoms with Crippen molar-refractivity contribution in [1.82, 2.24) is 5.32 Å². The average Bonchev–Trinajstić information content (AvgIpc) is 3.04. The summed E-state index contributed by atoms with van der Waals surface area (Å²) in [5.74, 6) is -1.74. The molecule has 4 aromatic rings. The summed E-state index contributed by atoms with van der Waals surface area (Å²) in [4.78, 5) is 51.5. The zero-order valence-corrected chi connectivity index (χ0v) is 24.9. The maximum Gasteiger partial charge on any atom is 0.335 e. The molecule has 4 rings (SSSR count). The van der Waals surface area contributed by atoms with Crippen LogP contribution in [0.15, 0.2) is 114 Å². The molecule has 44 heavy (non-hydrogen) atoms. The molecule has 0 aliphatic carbocycles. The van der Waals surface area contributed by atoms with E-state index in [0.717, 1.165) is 4.90 Å². The first-order valence-corrected chi connectivity index (χ1v) is 14.6. The van der Waals surface area contributed by atoms with Gasteiger partial charge in [0.2, 0.25) is 5.91 Å². The van der Waals surface area contributed by atoms with Crippen molar-refractivity contribution in [3.8, 4) is 5.75 Å². The maximum absolute atomic E-state index is 13.5. The molecule has 4 N–H and O–H groups in total. The van der Waals surface area contributed by atoms with E-state index in [1.165, 1.54) is 23.9 Å². The Morgan fingerprint density at radius 1 is 0.818 bits per heavy atom. The molecule has 0 radical (unpaired) electrons. The van der Waals surface area contributed by atoms with Crippen molar-refractivity contribution in [2.75, 3.05) is 17.7 Å². The van der Waals surface area contributed by atoms with Crippen LogP contribution in [0.1, 0.15) is 39.6 Å². The summed E-state index contributed by atoms with van der Waals surface area (Å²) < 4.78 is 5.29. The Morgan fingerprint density at radius 3 is 2.20 bits per heavy atom. The van der Waals surface area contributed by atoms with Gasteiger partial charge in [0.1, 0.15) is 11.4 Å². The fourth-order valence-corrected chi connectivity index (χ4v) is 5.14. The topological polar surface area (TPSA) is 134 Å². The molecule has 9 nitrogen and oxygen atoms in total. The van der Waals surface area contributed by atoms with E-state index < -0.39 is 23.0 Å². The predicted molar refractivity (Wildman–Crippen MR) is 172 cm³/mol. The van der Waals surface area contributed by atoms with Crippen LogP contribution in [-0.2, 0) is 9.59 Å². The largest absolute Gasteiger partial charge is 0.497 e. The zero-order chi connectivity index (χ0) is 31.5. The van der Waals surface area contributed by atoms with Crippen LogP contribution in [0.4, 0.5) is 11.4 Å². The first-order chi connectivity index (χ1) is 21.2. The van der Waals surface area contributed by atoms with Crippen LogP contribution < -0.4 is 20.7 Å². The van der Waals surface area contributed by atoms with E-state index >= 15 is 0 Å². The molecule has 224 valence electrons. The molecule has 1 atom stereocenters. The molecule has 0 aliphatic rings. The summed E-state index contributed by atoms with van der Waals surface area (Å²) in [6, 6.07) is 28.8. The first-order valence-electron chi connectivity index (χ1n) is 13.7. The van der Waals surface area contributed by atoms with Gasteiger partial charge in [-0.15, -0.1) is 11.8 Å². The second kappa shape index (κ2) is 15.2. The number of rotatable bonds is 12. The number of carbonyl (C=O) groups is 4. The summed E-state index contributed by atoms with van der Waals surface area (Å²) in [5, 5.41) is 17.1. The lowest BCUT2D eigenvalue weighted by Gasteiger charge is -2.16. The number of aromatic carboxylic acids is 1. The third-order valence-electron chi connectivity index (χ3n) is 6.34. The Morgan fingerprint density at radius 2 is 1.50 bits per heavy atom. The Kier molecular flexibility index (Phi) is 10.9. The number of methoxy groups -OCH3 is 1. The minimum atomic E-state index is -1.08. The highest BCUT2D eigenvalue weighted by Gasteiger charge is 2.20. The molecule has 3 amide bonds. The van der Waals surface area contributed by atoms with E-state index in [1.807, 2.05) is 13.0 Å². The van der Waals surface area contributed by atoms with E-state index in [4.69, 9.17) is 4.74 Å². The zero-order valence-electron chi connectivity index (χ0n) is 24.1. The number of carboxylic acids is 1. The van der Waals surface area contributed by atoms with E-state index in [0.29, 0.717) is 34.7 Å². The van der Waals surface area contributed by atoms with Crippen LogP contribution in [0, 0.1) is 0 Å². The molecule has 0 aromatic heterocycles. The van der Waals surface area contributed by atoms with Crippen LogP contribution in [0.5, 0.6) is 5.75 Å². The predicted octanol–water partition coefficient (Wildman–Crippen LogP) is 6.31. The molecular weight excluding hydrogens is 578 g/mol. The Hall–Kier alpha value is -5.35. The van der Waals surface area contributed by atoms with Gasteiger partial charge in [-0.1, -0.05) is 49.4 Å². The van der Waals surface area contributed by atoms with E-state index in [-0.39, 0.29) is 17.2 Å². The van der Waals surface area contributed by atoms with Gasteiger partial charge in [-0.05, 0) is 78.7 Å². The molecule has 0 bridgehead atoms. The summed E-state index contributed by atoms with van der Waals surface area (Å²) in [6.45, 7) is 1.88. The molecule has 4 aromatic carbocycles. The van der Waals surface area contributed by atoms with Gasteiger partial charge in [-0.25, -0.2) is 4.79 Å². The molecule has 0 fully saturated rings. The quantitative estimate of drug-likeness (QED) is 0.109. The molecule has 0 saturated heterocycles. The number of hydrogen-bond donors (Lipinski definition) is 4. The van der Waals surface area contributed by atoms with Crippen molar-refractivity contribution in [1.29, 1.82) is 0 Å². The van der Waals surface area contributed by atoms with Gasteiger partial charge in [0.05, 0.1) is 17.9 Å². The van der Waals surface area contributed by atoms with Gasteiger partial charge in [0.15, 0.2) is 0 Å². The molecule has 10 heteroatoms. The normalized spacial score (nSPS) is 11.6. The smallest absolute Gasteiger partial charge is 0.335 e. The van der Waals surface area contributed by atoms with Crippen LogP contribution in [-0.4, -0.2) is 41.2 Å². The van der Waals surface area contributed by atoms with E-state index in [2.05, 4.69) is 16.0 Å². The van der Waals surface area contributed by atoms with Crippen LogP contribution >= 0.6 is 11.8 Å². The molecule has 0 spiro atoms. The minimum Gasteiger partial charge on any atom is -0.497 e. The fourth-order valence-electron chi connectivity index (χ4n) is 4.13. The van der Waals surface area contributed by atoms with Gasteiger partial charge in [-0.3, -0.25) is 14.4 Å². The summed E-state index contributed by atoms with van der Waals surface area (Å²) in [6.07, 6.45) is 2.07. The van der Waals surface area contributed by atoms with Gasteiger partial charge >= 0.3 is 5.97 Å². The second-order valence-electron chi connectivity index (χ2n) is 9.53. The number of carboxylic acid groups (broad SMARTS) is 1. The Labute approximate surface area is 259 Å². The standard InChI is InChI=1S/C34H31N3O6S/c1-3-30(33(40)36-25-14-8-13-24(20-25)34(41)42)44-28-17-9-15-26(21-28)35-32(39)29(19-22-10-7-16-27(18-22)43-2)37-31(38)23-11-5-4-6-12-23/h4-21,30H,3H2,1-2H3,(H,35,39)(H,36,40)(H,37,38)(H,41,42)/b29-19-. The highest BCUT2D eigenvalue weighted by atomic mass is 32.2. The number of ether oxygens (including phenoxy) is 1. The van der Waals surface area contributed by atoms with Gasteiger partial charge < -0.3 is 25.8 Å². The monoisotopic (exact) mass is 609 g/mol. The van der Waals surface area contributed by atoms with Crippen molar-refractivity contribution in [3.63, 3.8) is 0 Å².